The fourth-order valence-corrected chi connectivity index (χ4v) is 2.18. The minimum absolute atomic E-state index is 0.159. The van der Waals surface area contributed by atoms with Crippen molar-refractivity contribution >= 4 is 5.69 Å². The zero-order valence-corrected chi connectivity index (χ0v) is 13.1. The van der Waals surface area contributed by atoms with Crippen LogP contribution in [0.15, 0.2) is 18.2 Å². The van der Waals surface area contributed by atoms with Crippen molar-refractivity contribution < 1.29 is 9.13 Å². The van der Waals surface area contributed by atoms with E-state index >= 15 is 0 Å². The maximum atomic E-state index is 14.1. The molecule has 0 aliphatic carbocycles. The van der Waals surface area contributed by atoms with Gasteiger partial charge in [-0.3, -0.25) is 0 Å². The normalized spacial score (nSPS) is 11.1. The fraction of sp³-hybridized carbons (Fsp3) is 0.625. The van der Waals surface area contributed by atoms with E-state index in [4.69, 9.17) is 4.74 Å². The molecule has 4 heteroatoms. The van der Waals surface area contributed by atoms with Crippen molar-refractivity contribution in [2.24, 2.45) is 5.92 Å². The van der Waals surface area contributed by atoms with E-state index in [0.717, 1.165) is 25.1 Å². The van der Waals surface area contributed by atoms with Crippen LogP contribution in [0.5, 0.6) is 0 Å². The molecule has 3 nitrogen and oxygen atoms in total. The Hall–Kier alpha value is -1.13. The molecule has 0 aliphatic rings. The van der Waals surface area contributed by atoms with Crippen molar-refractivity contribution in [1.29, 1.82) is 0 Å². The van der Waals surface area contributed by atoms with Crippen molar-refractivity contribution in [2.45, 2.75) is 26.8 Å². The molecule has 0 saturated carbocycles. The van der Waals surface area contributed by atoms with Gasteiger partial charge in [-0.05, 0) is 30.5 Å². The fourth-order valence-electron chi connectivity index (χ4n) is 2.18. The minimum atomic E-state index is -0.159. The second-order valence-corrected chi connectivity index (χ2v) is 5.54. The van der Waals surface area contributed by atoms with Crippen molar-refractivity contribution in [3.05, 3.63) is 29.6 Å². The zero-order valence-electron chi connectivity index (χ0n) is 13.1. The molecular formula is C16H27FN2O. The predicted octanol–water partition coefficient (Wildman–Crippen LogP) is 3.04. The first-order valence-electron chi connectivity index (χ1n) is 7.24. The SMILES string of the molecule is COCCCN(C)c1c(F)cccc1CNCC(C)C. The molecule has 0 saturated heterocycles. The lowest BCUT2D eigenvalue weighted by Gasteiger charge is -2.23. The number of anilines is 1. The molecule has 0 aromatic heterocycles. The molecular weight excluding hydrogens is 255 g/mol. The van der Waals surface area contributed by atoms with E-state index in [1.807, 2.05) is 18.0 Å². The van der Waals surface area contributed by atoms with Crippen molar-refractivity contribution in [3.63, 3.8) is 0 Å². The van der Waals surface area contributed by atoms with Gasteiger partial charge in [-0.1, -0.05) is 26.0 Å². The first kappa shape index (κ1) is 16.9. The summed E-state index contributed by atoms with van der Waals surface area (Å²) < 4.78 is 19.1. The summed E-state index contributed by atoms with van der Waals surface area (Å²) in [4.78, 5) is 1.97. The molecule has 0 spiro atoms. The third kappa shape index (κ3) is 5.47. The van der Waals surface area contributed by atoms with Crippen LogP contribution in [-0.4, -0.2) is 33.9 Å². The van der Waals surface area contributed by atoms with Crippen LogP contribution in [0.25, 0.3) is 0 Å². The second kappa shape index (κ2) is 8.93. The van der Waals surface area contributed by atoms with Crippen molar-refractivity contribution in [1.82, 2.24) is 5.32 Å². The highest BCUT2D eigenvalue weighted by Gasteiger charge is 2.12. The largest absolute Gasteiger partial charge is 0.385 e. The molecule has 1 aromatic carbocycles. The molecule has 0 atom stereocenters. The Morgan fingerprint density at radius 1 is 1.35 bits per heavy atom. The summed E-state index contributed by atoms with van der Waals surface area (Å²) in [5, 5.41) is 3.37. The van der Waals surface area contributed by atoms with Crippen molar-refractivity contribution in [3.8, 4) is 0 Å². The summed E-state index contributed by atoms with van der Waals surface area (Å²) in [6.45, 7) is 7.43. The van der Waals surface area contributed by atoms with Crippen LogP contribution >= 0.6 is 0 Å². The van der Waals surface area contributed by atoms with Gasteiger partial charge < -0.3 is 15.0 Å². The molecule has 114 valence electrons. The summed E-state index contributed by atoms with van der Waals surface area (Å²) in [5.74, 6) is 0.431. The average molecular weight is 282 g/mol. The Morgan fingerprint density at radius 2 is 2.10 bits per heavy atom. The Balaban J connectivity index is 2.71. The van der Waals surface area contributed by atoms with E-state index in [9.17, 15) is 4.39 Å². The standard InChI is InChI=1S/C16H27FN2O/c1-13(2)11-18-12-14-7-5-8-15(17)16(14)19(3)9-6-10-20-4/h5,7-8,13,18H,6,9-12H2,1-4H3. The molecule has 1 rings (SSSR count). The minimum Gasteiger partial charge on any atom is -0.385 e. The van der Waals surface area contributed by atoms with Gasteiger partial charge in [-0.2, -0.15) is 0 Å². The van der Waals surface area contributed by atoms with Crippen LogP contribution in [0.3, 0.4) is 0 Å². The molecule has 0 aliphatic heterocycles. The van der Waals surface area contributed by atoms with Crippen LogP contribution < -0.4 is 10.2 Å². The maximum Gasteiger partial charge on any atom is 0.146 e. The smallest absolute Gasteiger partial charge is 0.146 e. The van der Waals surface area contributed by atoms with E-state index in [2.05, 4.69) is 19.2 Å². The first-order chi connectivity index (χ1) is 9.56. The van der Waals surface area contributed by atoms with Crippen LogP contribution in [0.2, 0.25) is 0 Å². The van der Waals surface area contributed by atoms with Gasteiger partial charge in [0.25, 0.3) is 0 Å². The summed E-state index contributed by atoms with van der Waals surface area (Å²) >= 11 is 0. The second-order valence-electron chi connectivity index (χ2n) is 5.54. The number of methoxy groups -OCH3 is 1. The van der Waals surface area contributed by atoms with E-state index in [1.54, 1.807) is 13.2 Å². The first-order valence-corrected chi connectivity index (χ1v) is 7.24. The highest BCUT2D eigenvalue weighted by atomic mass is 19.1. The van der Waals surface area contributed by atoms with Crippen molar-refractivity contribution in [2.75, 3.05) is 38.8 Å². The molecule has 0 amide bonds. The molecule has 0 unspecified atom stereocenters. The van der Waals surface area contributed by atoms with Gasteiger partial charge >= 0.3 is 0 Å². The molecule has 0 fully saturated rings. The number of benzene rings is 1. The van der Waals surface area contributed by atoms with Gasteiger partial charge in [0, 0.05) is 33.9 Å². The molecule has 0 bridgehead atoms. The lowest BCUT2D eigenvalue weighted by Crippen LogP contribution is -2.25. The summed E-state index contributed by atoms with van der Waals surface area (Å²) in [7, 11) is 3.62. The van der Waals surface area contributed by atoms with Crippen LogP contribution in [0.4, 0.5) is 10.1 Å². The highest BCUT2D eigenvalue weighted by molar-refractivity contribution is 5.54. The molecule has 20 heavy (non-hydrogen) atoms. The Bertz CT molecular complexity index is 396. The van der Waals surface area contributed by atoms with E-state index in [0.29, 0.717) is 24.8 Å². The number of rotatable bonds is 9. The third-order valence-electron chi connectivity index (χ3n) is 3.16. The van der Waals surface area contributed by atoms with E-state index in [1.165, 1.54) is 6.07 Å². The number of nitrogens with one attached hydrogen (secondary N) is 1. The van der Waals surface area contributed by atoms with Gasteiger partial charge in [-0.25, -0.2) is 4.39 Å². The van der Waals surface area contributed by atoms with Gasteiger partial charge in [0.15, 0.2) is 0 Å². The molecule has 1 aromatic rings. The van der Waals surface area contributed by atoms with Gasteiger partial charge in [0.1, 0.15) is 5.82 Å². The summed E-state index contributed by atoms with van der Waals surface area (Å²) in [6, 6.07) is 5.28. The maximum absolute atomic E-state index is 14.1. The number of hydrogen-bond donors (Lipinski definition) is 1. The molecule has 0 heterocycles. The number of para-hydroxylation sites is 1. The van der Waals surface area contributed by atoms with Crippen LogP contribution in [0.1, 0.15) is 25.8 Å². The number of ether oxygens (including phenoxy) is 1. The quantitative estimate of drug-likeness (QED) is 0.705. The third-order valence-corrected chi connectivity index (χ3v) is 3.16. The van der Waals surface area contributed by atoms with E-state index in [-0.39, 0.29) is 5.82 Å². The van der Waals surface area contributed by atoms with Crippen LogP contribution in [-0.2, 0) is 11.3 Å². The predicted molar refractivity (Wildman–Crippen MR) is 82.7 cm³/mol. The number of hydrogen-bond acceptors (Lipinski definition) is 3. The zero-order chi connectivity index (χ0) is 15.0. The van der Waals surface area contributed by atoms with Gasteiger partial charge in [-0.15, -0.1) is 0 Å². The Labute approximate surface area is 122 Å². The topological polar surface area (TPSA) is 24.5 Å². The van der Waals surface area contributed by atoms with E-state index < -0.39 is 0 Å². The monoisotopic (exact) mass is 282 g/mol. The number of nitrogens with zero attached hydrogens (tertiary/aromatic N) is 1. The lowest BCUT2D eigenvalue weighted by atomic mass is 10.1. The summed E-state index contributed by atoms with van der Waals surface area (Å²) in [5.41, 5.74) is 1.70. The summed E-state index contributed by atoms with van der Waals surface area (Å²) in [6.07, 6.45) is 0.889. The van der Waals surface area contributed by atoms with Gasteiger partial charge in [0.05, 0.1) is 5.69 Å². The highest BCUT2D eigenvalue weighted by Crippen LogP contribution is 2.23. The van der Waals surface area contributed by atoms with Crippen LogP contribution in [0, 0.1) is 11.7 Å². The lowest BCUT2D eigenvalue weighted by molar-refractivity contribution is 0.196. The Morgan fingerprint density at radius 3 is 2.75 bits per heavy atom. The Kier molecular flexibility index (Phi) is 7.55. The average Bonchev–Trinajstić information content (AvgIpc) is 2.38. The molecule has 0 radical (unpaired) electrons. The molecule has 1 N–H and O–H groups in total. The van der Waals surface area contributed by atoms with Gasteiger partial charge in [0.2, 0.25) is 0 Å². The number of halogens is 1.